The molecule has 2 rings (SSSR count). The Morgan fingerprint density at radius 1 is 1.33 bits per heavy atom. The molecule has 1 fully saturated rings. The molecule has 0 bridgehead atoms. The number of carbonyl (C=O) groups is 2. The number of ether oxygens (including phenoxy) is 1. The molecular formula is C16H21F2N3O3. The van der Waals surface area contributed by atoms with Crippen LogP contribution < -0.4 is 10.1 Å². The van der Waals surface area contributed by atoms with Gasteiger partial charge in [-0.3, -0.25) is 4.79 Å². The monoisotopic (exact) mass is 341 g/mol. The van der Waals surface area contributed by atoms with Crippen LogP contribution in [0.2, 0.25) is 0 Å². The van der Waals surface area contributed by atoms with Gasteiger partial charge in [0.15, 0.2) is 0 Å². The SMILES string of the molecule is CC[C@@H](NC(=O)N1CCN(C)C(=O)C1)c1ccccc1OC(F)F. The number of rotatable bonds is 5. The van der Waals surface area contributed by atoms with Crippen LogP contribution >= 0.6 is 0 Å². The van der Waals surface area contributed by atoms with E-state index < -0.39 is 18.7 Å². The van der Waals surface area contributed by atoms with Gasteiger partial charge in [-0.25, -0.2) is 4.79 Å². The van der Waals surface area contributed by atoms with E-state index in [4.69, 9.17) is 0 Å². The number of urea groups is 1. The molecule has 0 aliphatic carbocycles. The van der Waals surface area contributed by atoms with Crippen molar-refractivity contribution >= 4 is 11.9 Å². The summed E-state index contributed by atoms with van der Waals surface area (Å²) >= 11 is 0. The zero-order chi connectivity index (χ0) is 17.7. The van der Waals surface area contributed by atoms with E-state index in [1.807, 2.05) is 6.92 Å². The van der Waals surface area contributed by atoms with Crippen molar-refractivity contribution < 1.29 is 23.1 Å². The number of carbonyl (C=O) groups excluding carboxylic acids is 2. The quantitative estimate of drug-likeness (QED) is 0.893. The molecule has 3 amide bonds. The highest BCUT2D eigenvalue weighted by molar-refractivity contribution is 5.85. The molecule has 1 saturated heterocycles. The molecule has 1 aliphatic heterocycles. The number of alkyl halides is 2. The predicted octanol–water partition coefficient (Wildman–Crippen LogP) is 2.22. The van der Waals surface area contributed by atoms with E-state index >= 15 is 0 Å². The molecule has 0 radical (unpaired) electrons. The summed E-state index contributed by atoms with van der Waals surface area (Å²) in [6.07, 6.45) is 0.497. The third kappa shape index (κ3) is 4.33. The number of nitrogens with one attached hydrogen (secondary N) is 1. The number of para-hydroxylation sites is 1. The van der Waals surface area contributed by atoms with Crippen LogP contribution in [0.1, 0.15) is 24.9 Å². The first-order valence-corrected chi connectivity index (χ1v) is 7.75. The van der Waals surface area contributed by atoms with Gasteiger partial charge < -0.3 is 19.9 Å². The fraction of sp³-hybridized carbons (Fsp3) is 0.500. The maximum absolute atomic E-state index is 12.5. The number of halogens is 2. The van der Waals surface area contributed by atoms with Crippen molar-refractivity contribution in [1.82, 2.24) is 15.1 Å². The standard InChI is InChI=1S/C16H21F2N3O3/c1-3-12(11-6-4-5-7-13(11)24-15(17)18)19-16(23)21-9-8-20(2)14(22)10-21/h4-7,12,15H,3,8-10H2,1-2H3,(H,19,23)/t12-/m1/s1. The number of hydrogen-bond acceptors (Lipinski definition) is 3. The van der Waals surface area contributed by atoms with E-state index in [-0.39, 0.29) is 18.2 Å². The lowest BCUT2D eigenvalue weighted by Gasteiger charge is -2.33. The third-order valence-electron chi connectivity index (χ3n) is 3.96. The van der Waals surface area contributed by atoms with Crippen LogP contribution in [0.4, 0.5) is 13.6 Å². The van der Waals surface area contributed by atoms with Crippen LogP contribution in [-0.2, 0) is 4.79 Å². The lowest BCUT2D eigenvalue weighted by atomic mass is 10.0. The molecule has 1 aromatic carbocycles. The van der Waals surface area contributed by atoms with E-state index in [1.165, 1.54) is 11.0 Å². The van der Waals surface area contributed by atoms with E-state index in [0.29, 0.717) is 25.1 Å². The Kier molecular flexibility index (Phi) is 5.94. The number of nitrogens with zero attached hydrogens (tertiary/aromatic N) is 2. The van der Waals surface area contributed by atoms with E-state index in [1.54, 1.807) is 30.1 Å². The van der Waals surface area contributed by atoms with Crippen LogP contribution in [0.5, 0.6) is 5.75 Å². The zero-order valence-corrected chi connectivity index (χ0v) is 13.7. The van der Waals surface area contributed by atoms with E-state index in [0.717, 1.165) is 0 Å². The maximum atomic E-state index is 12.5. The highest BCUT2D eigenvalue weighted by Crippen LogP contribution is 2.28. The van der Waals surface area contributed by atoms with Crippen molar-refractivity contribution in [2.75, 3.05) is 26.7 Å². The topological polar surface area (TPSA) is 61.9 Å². The second-order valence-corrected chi connectivity index (χ2v) is 5.56. The Morgan fingerprint density at radius 2 is 2.04 bits per heavy atom. The fourth-order valence-corrected chi connectivity index (χ4v) is 2.54. The summed E-state index contributed by atoms with van der Waals surface area (Å²) in [6, 6.07) is 5.49. The summed E-state index contributed by atoms with van der Waals surface area (Å²) in [5.41, 5.74) is 0.481. The van der Waals surface area contributed by atoms with Crippen LogP contribution in [0, 0.1) is 0 Å². The number of hydrogen-bond donors (Lipinski definition) is 1. The second-order valence-electron chi connectivity index (χ2n) is 5.56. The third-order valence-corrected chi connectivity index (χ3v) is 3.96. The molecule has 8 heteroatoms. The van der Waals surface area contributed by atoms with Gasteiger partial charge in [-0.05, 0) is 12.5 Å². The largest absolute Gasteiger partial charge is 0.434 e. The number of amides is 3. The van der Waals surface area contributed by atoms with Gasteiger partial charge >= 0.3 is 12.6 Å². The Balaban J connectivity index is 2.09. The van der Waals surface area contributed by atoms with Gasteiger partial charge in [0.25, 0.3) is 0 Å². The minimum atomic E-state index is -2.94. The average molecular weight is 341 g/mol. The summed E-state index contributed by atoms with van der Waals surface area (Å²) in [5.74, 6) is -0.0972. The van der Waals surface area contributed by atoms with Crippen molar-refractivity contribution in [3.63, 3.8) is 0 Å². The van der Waals surface area contributed by atoms with Gasteiger partial charge in [0.05, 0.1) is 6.04 Å². The molecule has 132 valence electrons. The summed E-state index contributed by atoms with van der Waals surface area (Å²) in [5, 5.41) is 2.79. The summed E-state index contributed by atoms with van der Waals surface area (Å²) in [7, 11) is 1.68. The van der Waals surface area contributed by atoms with Crippen LogP contribution in [0.3, 0.4) is 0 Å². The van der Waals surface area contributed by atoms with Gasteiger partial charge in [0, 0.05) is 25.7 Å². The molecule has 24 heavy (non-hydrogen) atoms. The van der Waals surface area contributed by atoms with Gasteiger partial charge in [-0.15, -0.1) is 0 Å². The van der Waals surface area contributed by atoms with Gasteiger partial charge in [-0.1, -0.05) is 25.1 Å². The van der Waals surface area contributed by atoms with Gasteiger partial charge in [0.1, 0.15) is 12.3 Å². The lowest BCUT2D eigenvalue weighted by molar-refractivity contribution is -0.133. The minimum Gasteiger partial charge on any atom is -0.434 e. The van der Waals surface area contributed by atoms with E-state index in [9.17, 15) is 18.4 Å². The molecule has 6 nitrogen and oxygen atoms in total. The molecule has 1 N–H and O–H groups in total. The van der Waals surface area contributed by atoms with Crippen molar-refractivity contribution in [1.29, 1.82) is 0 Å². The van der Waals surface area contributed by atoms with Gasteiger partial charge in [-0.2, -0.15) is 8.78 Å². The minimum absolute atomic E-state index is 0.00789. The van der Waals surface area contributed by atoms with Crippen LogP contribution in [-0.4, -0.2) is 55.0 Å². The Hall–Kier alpha value is -2.38. The second kappa shape index (κ2) is 7.94. The fourth-order valence-electron chi connectivity index (χ4n) is 2.54. The molecule has 1 aliphatic rings. The Morgan fingerprint density at radius 3 is 2.67 bits per heavy atom. The van der Waals surface area contributed by atoms with Crippen molar-refractivity contribution in [3.05, 3.63) is 29.8 Å². The Labute approximate surface area is 139 Å². The summed E-state index contributed by atoms with van der Waals surface area (Å²) in [6.45, 7) is -0.198. The first-order valence-electron chi connectivity index (χ1n) is 7.75. The molecule has 0 saturated carbocycles. The highest BCUT2D eigenvalue weighted by Gasteiger charge is 2.27. The van der Waals surface area contributed by atoms with Crippen molar-refractivity contribution in [2.24, 2.45) is 0 Å². The number of benzene rings is 1. The number of piperazine rings is 1. The molecule has 0 unspecified atom stereocenters. The van der Waals surface area contributed by atoms with Crippen molar-refractivity contribution in [2.45, 2.75) is 26.0 Å². The normalized spacial score (nSPS) is 16.3. The first kappa shape index (κ1) is 18.0. The molecule has 0 aromatic heterocycles. The first-order chi connectivity index (χ1) is 11.4. The summed E-state index contributed by atoms with van der Waals surface area (Å²) < 4.78 is 29.6. The van der Waals surface area contributed by atoms with Crippen LogP contribution in [0.15, 0.2) is 24.3 Å². The predicted molar refractivity (Wildman–Crippen MR) is 83.8 cm³/mol. The zero-order valence-electron chi connectivity index (χ0n) is 13.7. The van der Waals surface area contributed by atoms with Gasteiger partial charge in [0.2, 0.25) is 5.91 Å². The smallest absolute Gasteiger partial charge is 0.387 e. The Bertz CT molecular complexity index is 598. The maximum Gasteiger partial charge on any atom is 0.387 e. The van der Waals surface area contributed by atoms with E-state index in [2.05, 4.69) is 10.1 Å². The lowest BCUT2D eigenvalue weighted by Crippen LogP contribution is -2.53. The van der Waals surface area contributed by atoms with Crippen molar-refractivity contribution in [3.8, 4) is 5.75 Å². The molecule has 0 spiro atoms. The average Bonchev–Trinajstić information content (AvgIpc) is 2.55. The summed E-state index contributed by atoms with van der Waals surface area (Å²) in [4.78, 5) is 27.1. The molecular weight excluding hydrogens is 320 g/mol. The molecule has 1 heterocycles. The highest BCUT2D eigenvalue weighted by atomic mass is 19.3. The molecule has 1 aromatic rings. The van der Waals surface area contributed by atoms with Crippen LogP contribution in [0.25, 0.3) is 0 Å². The molecule has 1 atom stereocenters. The number of likely N-dealkylation sites (N-methyl/N-ethyl adjacent to an activating group) is 1.